The number of hydrogen-bond acceptors (Lipinski definition) is 6. The average molecular weight is 344 g/mol. The Kier molecular flexibility index (Phi) is 4.96. The zero-order valence-corrected chi connectivity index (χ0v) is 13.8. The van der Waals surface area contributed by atoms with E-state index in [1.165, 1.54) is 7.11 Å². The van der Waals surface area contributed by atoms with Gasteiger partial charge in [0.2, 0.25) is 5.91 Å². The first kappa shape index (κ1) is 16.9. The minimum atomic E-state index is -0.585. The highest BCUT2D eigenvalue weighted by Gasteiger charge is 2.16. The van der Waals surface area contributed by atoms with Gasteiger partial charge in [-0.3, -0.25) is 10.1 Å². The van der Waals surface area contributed by atoms with Crippen LogP contribution in [-0.2, 0) is 9.53 Å². The molecule has 0 fully saturated rings. The van der Waals surface area contributed by atoms with Gasteiger partial charge in [0, 0.05) is 30.8 Å². The molecule has 9 heteroatoms. The van der Waals surface area contributed by atoms with Gasteiger partial charge in [0.1, 0.15) is 5.82 Å². The van der Waals surface area contributed by atoms with E-state index in [0.29, 0.717) is 36.7 Å². The van der Waals surface area contributed by atoms with Gasteiger partial charge < -0.3 is 26.1 Å². The second-order valence-electron chi connectivity index (χ2n) is 5.67. The molecule has 3 rings (SSSR count). The number of H-pyrrole nitrogens is 1. The molecule has 1 atom stereocenters. The molecule has 1 aromatic heterocycles. The van der Waals surface area contributed by atoms with Gasteiger partial charge in [0.05, 0.1) is 30.7 Å². The molecule has 0 saturated carbocycles. The summed E-state index contributed by atoms with van der Waals surface area (Å²) in [5, 5.41) is 8.58. The van der Waals surface area contributed by atoms with Crippen molar-refractivity contribution in [2.45, 2.75) is 12.5 Å². The van der Waals surface area contributed by atoms with Crippen LogP contribution in [-0.4, -0.2) is 42.2 Å². The summed E-state index contributed by atoms with van der Waals surface area (Å²) in [6.07, 6.45) is 1.39. The number of aromatic amines is 1. The maximum absolute atomic E-state index is 12.2. The number of fused-ring (bicyclic) bond motifs is 4. The van der Waals surface area contributed by atoms with Crippen LogP contribution in [0.15, 0.2) is 24.4 Å². The number of benzene rings is 1. The molecular formula is C16H20N6O3. The highest BCUT2D eigenvalue weighted by Crippen LogP contribution is 2.30. The number of hydrogen-bond donors (Lipinski definition) is 5. The molecule has 1 aliphatic rings. The summed E-state index contributed by atoms with van der Waals surface area (Å²) in [5.74, 6) is 0.523. The second-order valence-corrected chi connectivity index (χ2v) is 5.67. The summed E-state index contributed by atoms with van der Waals surface area (Å²) in [6, 6.07) is 4.88. The van der Waals surface area contributed by atoms with E-state index in [1.54, 1.807) is 24.4 Å². The number of nitrogens with one attached hydrogen (secondary N) is 4. The number of imidazole rings is 1. The Labute approximate surface area is 144 Å². The lowest BCUT2D eigenvalue weighted by Gasteiger charge is -2.15. The van der Waals surface area contributed by atoms with Crippen LogP contribution in [0.5, 0.6) is 0 Å². The Balaban J connectivity index is 2.00. The maximum atomic E-state index is 12.2. The first-order valence-electron chi connectivity index (χ1n) is 7.87. The van der Waals surface area contributed by atoms with Crippen LogP contribution < -0.4 is 21.7 Å². The van der Waals surface area contributed by atoms with Gasteiger partial charge in [-0.25, -0.2) is 9.78 Å². The van der Waals surface area contributed by atoms with Crippen LogP contribution in [0.25, 0.3) is 11.3 Å². The van der Waals surface area contributed by atoms with Crippen LogP contribution in [0.3, 0.4) is 0 Å². The minimum Gasteiger partial charge on any atom is -0.453 e. The van der Waals surface area contributed by atoms with Crippen molar-refractivity contribution in [3.8, 4) is 11.3 Å². The van der Waals surface area contributed by atoms with Gasteiger partial charge in [-0.2, -0.15) is 0 Å². The maximum Gasteiger partial charge on any atom is 0.411 e. The molecule has 2 aromatic rings. The van der Waals surface area contributed by atoms with Crippen LogP contribution in [0.1, 0.15) is 18.3 Å². The highest BCUT2D eigenvalue weighted by molar-refractivity contribution is 5.97. The zero-order valence-electron chi connectivity index (χ0n) is 13.8. The fourth-order valence-corrected chi connectivity index (χ4v) is 2.56. The van der Waals surface area contributed by atoms with Gasteiger partial charge >= 0.3 is 6.09 Å². The minimum absolute atomic E-state index is 0.141. The van der Waals surface area contributed by atoms with E-state index in [1.807, 2.05) is 0 Å². The number of rotatable bonds is 1. The first-order chi connectivity index (χ1) is 12.1. The van der Waals surface area contributed by atoms with E-state index in [4.69, 9.17) is 5.73 Å². The number of amides is 2. The number of aromatic nitrogens is 2. The highest BCUT2D eigenvalue weighted by atomic mass is 16.5. The summed E-state index contributed by atoms with van der Waals surface area (Å²) >= 11 is 0. The lowest BCUT2D eigenvalue weighted by atomic mass is 10.1. The van der Waals surface area contributed by atoms with Crippen LogP contribution in [0.2, 0.25) is 0 Å². The van der Waals surface area contributed by atoms with E-state index in [2.05, 4.69) is 30.7 Å². The van der Waals surface area contributed by atoms with E-state index in [-0.39, 0.29) is 11.9 Å². The third-order valence-corrected chi connectivity index (χ3v) is 3.86. The number of carbonyl (C=O) groups is 2. The molecule has 2 bridgehead atoms. The number of anilines is 2. The van der Waals surface area contributed by atoms with E-state index in [0.717, 1.165) is 11.3 Å². The van der Waals surface area contributed by atoms with Gasteiger partial charge in [-0.15, -0.1) is 0 Å². The average Bonchev–Trinajstić information content (AvgIpc) is 3.08. The topological polar surface area (TPSA) is 134 Å². The third kappa shape index (κ3) is 3.95. The molecular weight excluding hydrogens is 324 g/mol. The van der Waals surface area contributed by atoms with Crippen LogP contribution >= 0.6 is 0 Å². The molecule has 0 unspecified atom stereocenters. The lowest BCUT2D eigenvalue weighted by Crippen LogP contribution is -2.30. The van der Waals surface area contributed by atoms with Gasteiger partial charge in [-0.1, -0.05) is 0 Å². The Bertz CT molecular complexity index is 788. The van der Waals surface area contributed by atoms with Crippen molar-refractivity contribution in [3.63, 3.8) is 0 Å². The molecule has 132 valence electrons. The summed E-state index contributed by atoms with van der Waals surface area (Å²) in [6.45, 7) is 1.03. The summed E-state index contributed by atoms with van der Waals surface area (Å²) < 4.78 is 4.59. The molecule has 1 aliphatic heterocycles. The smallest absolute Gasteiger partial charge is 0.411 e. The van der Waals surface area contributed by atoms with E-state index >= 15 is 0 Å². The van der Waals surface area contributed by atoms with Crippen molar-refractivity contribution in [1.82, 2.24) is 15.3 Å². The fraction of sp³-hybridized carbons (Fsp3) is 0.312. The number of carbonyl (C=O) groups excluding carboxylic acids is 2. The Hall–Kier alpha value is -2.91. The van der Waals surface area contributed by atoms with Crippen molar-refractivity contribution in [2.75, 3.05) is 30.8 Å². The normalized spacial score (nSPS) is 17.5. The molecule has 2 heterocycles. The van der Waals surface area contributed by atoms with Crippen molar-refractivity contribution in [1.29, 1.82) is 0 Å². The predicted molar refractivity (Wildman–Crippen MR) is 93.1 cm³/mol. The Morgan fingerprint density at radius 3 is 3.08 bits per heavy atom. The molecule has 1 aromatic carbocycles. The largest absolute Gasteiger partial charge is 0.453 e. The monoisotopic (exact) mass is 344 g/mol. The van der Waals surface area contributed by atoms with Crippen molar-refractivity contribution >= 4 is 23.4 Å². The summed E-state index contributed by atoms with van der Waals surface area (Å²) in [7, 11) is 1.28. The SMILES string of the molecule is COC(=O)Nc1ccc2c(c1)NC(=O)CCNC[C@H](N)c1ncc-2[nH]1. The molecule has 0 spiro atoms. The number of ether oxygens (including phenoxy) is 1. The first-order valence-corrected chi connectivity index (χ1v) is 7.87. The van der Waals surface area contributed by atoms with Crippen molar-refractivity contribution < 1.29 is 14.3 Å². The number of methoxy groups -OCH3 is 1. The Morgan fingerprint density at radius 2 is 2.28 bits per heavy atom. The lowest BCUT2D eigenvalue weighted by molar-refractivity contribution is -0.116. The predicted octanol–water partition coefficient (Wildman–Crippen LogP) is 1.19. The molecule has 0 radical (unpaired) electrons. The van der Waals surface area contributed by atoms with Crippen molar-refractivity contribution in [2.24, 2.45) is 5.73 Å². The molecule has 25 heavy (non-hydrogen) atoms. The number of nitrogens with zero attached hydrogens (tertiary/aromatic N) is 1. The van der Waals surface area contributed by atoms with E-state index in [9.17, 15) is 9.59 Å². The Morgan fingerprint density at radius 1 is 1.44 bits per heavy atom. The molecule has 0 aliphatic carbocycles. The summed E-state index contributed by atoms with van der Waals surface area (Å²) in [5.41, 5.74) is 8.64. The van der Waals surface area contributed by atoms with Gasteiger partial charge in [0.25, 0.3) is 0 Å². The second kappa shape index (κ2) is 7.32. The molecule has 2 amide bonds. The zero-order chi connectivity index (χ0) is 17.8. The van der Waals surface area contributed by atoms with Crippen LogP contribution in [0, 0.1) is 0 Å². The van der Waals surface area contributed by atoms with E-state index < -0.39 is 6.09 Å². The standard InChI is InChI=1S/C16H20N6O3/c1-25-16(24)20-9-2-3-10-12(6-9)21-14(23)4-5-18-7-11(17)15-19-8-13(10)22-15/h2-3,6,8,11,18H,4-5,7,17H2,1H3,(H,19,22)(H,20,24)(H,21,23)/t11-/m0/s1. The van der Waals surface area contributed by atoms with Crippen LogP contribution in [0.4, 0.5) is 16.2 Å². The van der Waals surface area contributed by atoms with Crippen molar-refractivity contribution in [3.05, 3.63) is 30.2 Å². The molecule has 6 N–H and O–H groups in total. The number of nitrogens with two attached hydrogens (primary N) is 1. The fourth-order valence-electron chi connectivity index (χ4n) is 2.56. The third-order valence-electron chi connectivity index (χ3n) is 3.86. The summed E-state index contributed by atoms with van der Waals surface area (Å²) in [4.78, 5) is 31.1. The van der Waals surface area contributed by atoms with Gasteiger partial charge in [-0.05, 0) is 18.2 Å². The quantitative estimate of drug-likeness (QED) is 0.527. The molecule has 0 saturated heterocycles. The molecule has 9 nitrogen and oxygen atoms in total. The van der Waals surface area contributed by atoms with Gasteiger partial charge in [0.15, 0.2) is 0 Å².